The van der Waals surface area contributed by atoms with Gasteiger partial charge in [-0.15, -0.1) is 0 Å². The van der Waals surface area contributed by atoms with Crippen molar-refractivity contribution in [2.75, 3.05) is 25.0 Å². The Balaban J connectivity index is 1.33. The van der Waals surface area contributed by atoms with Crippen molar-refractivity contribution < 1.29 is 31.9 Å². The van der Waals surface area contributed by atoms with Crippen molar-refractivity contribution in [1.82, 2.24) is 10.2 Å². The smallest absolute Gasteiger partial charge is 0.251 e. The lowest BCUT2D eigenvalue weighted by Crippen LogP contribution is -2.39. The van der Waals surface area contributed by atoms with Gasteiger partial charge in [0, 0.05) is 28.4 Å². The van der Waals surface area contributed by atoms with Gasteiger partial charge in [-0.05, 0) is 111 Å². The first kappa shape index (κ1) is 29.9. The van der Waals surface area contributed by atoms with Gasteiger partial charge < -0.3 is 10.6 Å². The quantitative estimate of drug-likeness (QED) is 0.265. The molecule has 0 unspecified atom stereocenters. The molecule has 5 rings (SSSR count). The fourth-order valence-corrected chi connectivity index (χ4v) is 5.27. The van der Waals surface area contributed by atoms with E-state index in [0.29, 0.717) is 17.8 Å². The number of halogens is 4. The molecule has 0 bridgehead atoms. The number of benzene rings is 3. The minimum absolute atomic E-state index is 0.101. The molecule has 6 nitrogen and oxygen atoms in total. The first-order chi connectivity index (χ1) is 20.6. The zero-order chi connectivity index (χ0) is 30.5. The Labute approximate surface area is 246 Å². The molecule has 0 radical (unpaired) electrons. The number of hydrogen-bond donors (Lipinski definition) is 2. The lowest BCUT2D eigenvalue weighted by atomic mass is 9.83. The monoisotopic (exact) mass is 591 g/mol. The molecule has 0 aromatic heterocycles. The molecule has 43 heavy (non-hydrogen) atoms. The van der Waals surface area contributed by atoms with Gasteiger partial charge in [0.05, 0.1) is 6.54 Å². The van der Waals surface area contributed by atoms with Gasteiger partial charge in [0.1, 0.15) is 0 Å². The van der Waals surface area contributed by atoms with E-state index in [1.54, 1.807) is 24.3 Å². The Bertz CT molecular complexity index is 1540. The van der Waals surface area contributed by atoms with Crippen LogP contribution in [0, 0.1) is 23.3 Å². The number of carbonyl (C=O) groups is 3. The maximum atomic E-state index is 13.8. The SMILES string of the molecule is O=C(CN1CCCC1)Nc1ccc(C(=O)NC2C/C(=C\c3ccc(F)c(F)c3)C(=O)/C(=C/c3ccc(F)c(F)c3)C2)cc1. The number of Topliss-reactive ketones (excluding diaryl/α,β-unsaturated/α-hetero) is 1. The summed E-state index contributed by atoms with van der Waals surface area (Å²) in [5.74, 6) is -5.17. The lowest BCUT2D eigenvalue weighted by molar-refractivity contribution is -0.117. The van der Waals surface area contributed by atoms with Gasteiger partial charge in [0.15, 0.2) is 29.1 Å². The van der Waals surface area contributed by atoms with E-state index in [0.717, 1.165) is 50.2 Å². The molecule has 1 aliphatic carbocycles. The molecule has 2 aliphatic rings. The van der Waals surface area contributed by atoms with Crippen LogP contribution in [0.15, 0.2) is 71.8 Å². The largest absolute Gasteiger partial charge is 0.349 e. The number of rotatable bonds is 7. The Morgan fingerprint density at radius 2 is 1.30 bits per heavy atom. The first-order valence-electron chi connectivity index (χ1n) is 13.9. The van der Waals surface area contributed by atoms with Gasteiger partial charge in [-0.25, -0.2) is 17.6 Å². The van der Waals surface area contributed by atoms with E-state index in [4.69, 9.17) is 0 Å². The number of nitrogens with one attached hydrogen (secondary N) is 2. The predicted octanol–water partition coefficient (Wildman–Crippen LogP) is 5.91. The van der Waals surface area contributed by atoms with E-state index >= 15 is 0 Å². The summed E-state index contributed by atoms with van der Waals surface area (Å²) in [4.78, 5) is 40.9. The minimum Gasteiger partial charge on any atom is -0.349 e. The molecule has 1 heterocycles. The van der Waals surface area contributed by atoms with E-state index < -0.39 is 41.0 Å². The Morgan fingerprint density at radius 1 is 0.767 bits per heavy atom. The van der Waals surface area contributed by atoms with Crippen molar-refractivity contribution in [1.29, 1.82) is 0 Å². The number of carbonyl (C=O) groups excluding carboxylic acids is 3. The summed E-state index contributed by atoms with van der Waals surface area (Å²) in [6.45, 7) is 2.10. The van der Waals surface area contributed by atoms with Gasteiger partial charge in [-0.3, -0.25) is 19.3 Å². The van der Waals surface area contributed by atoms with Crippen molar-refractivity contribution in [2.24, 2.45) is 0 Å². The normalized spacial score (nSPS) is 19.2. The second kappa shape index (κ2) is 13.2. The van der Waals surface area contributed by atoms with Crippen molar-refractivity contribution >= 4 is 35.4 Å². The summed E-state index contributed by atoms with van der Waals surface area (Å²) < 4.78 is 54.6. The summed E-state index contributed by atoms with van der Waals surface area (Å²) in [6.07, 6.45) is 5.20. The standard InChI is InChI=1S/C33H29F4N3O3/c34-27-9-3-20(15-29(27)36)13-23-17-26(18-24(32(23)42)14-21-4-10-28(35)30(37)16-21)39-33(43)22-5-7-25(8-6-22)38-31(41)19-40-11-1-2-12-40/h3-10,13-16,26H,1-2,11-12,17-19H2,(H,38,41)(H,39,43)/b23-13+,24-14+. The lowest BCUT2D eigenvalue weighted by Gasteiger charge is -2.27. The average molecular weight is 592 g/mol. The highest BCUT2D eigenvalue weighted by molar-refractivity contribution is 6.14. The number of nitrogens with zero attached hydrogens (tertiary/aromatic N) is 1. The van der Waals surface area contributed by atoms with Crippen LogP contribution in [0.3, 0.4) is 0 Å². The molecule has 0 spiro atoms. The minimum atomic E-state index is -1.07. The van der Waals surface area contributed by atoms with Gasteiger partial charge in [-0.1, -0.05) is 12.1 Å². The first-order valence-corrected chi connectivity index (χ1v) is 13.9. The highest BCUT2D eigenvalue weighted by Crippen LogP contribution is 2.29. The fourth-order valence-electron chi connectivity index (χ4n) is 5.27. The van der Waals surface area contributed by atoms with Crippen molar-refractivity contribution in [3.8, 4) is 0 Å². The summed E-state index contributed by atoms with van der Waals surface area (Å²) in [5, 5.41) is 5.73. The molecule has 1 saturated carbocycles. The summed E-state index contributed by atoms with van der Waals surface area (Å²) in [5.41, 5.74) is 1.84. The molecule has 10 heteroatoms. The van der Waals surface area contributed by atoms with E-state index in [9.17, 15) is 31.9 Å². The van der Waals surface area contributed by atoms with Crippen LogP contribution in [0.5, 0.6) is 0 Å². The molecule has 3 aromatic rings. The van der Waals surface area contributed by atoms with E-state index in [-0.39, 0.29) is 41.0 Å². The van der Waals surface area contributed by atoms with Crippen molar-refractivity contribution in [3.63, 3.8) is 0 Å². The molecular weight excluding hydrogens is 562 g/mol. The maximum absolute atomic E-state index is 13.8. The molecule has 222 valence electrons. The van der Waals surface area contributed by atoms with Crippen LogP contribution < -0.4 is 10.6 Å². The highest BCUT2D eigenvalue weighted by Gasteiger charge is 2.29. The number of anilines is 1. The van der Waals surface area contributed by atoms with Gasteiger partial charge >= 0.3 is 0 Å². The Kier molecular flexibility index (Phi) is 9.16. The topological polar surface area (TPSA) is 78.5 Å². The summed E-state index contributed by atoms with van der Waals surface area (Å²) in [6, 6.07) is 12.3. The van der Waals surface area contributed by atoms with Crippen LogP contribution in [0.1, 0.15) is 47.2 Å². The predicted molar refractivity (Wildman–Crippen MR) is 155 cm³/mol. The van der Waals surface area contributed by atoms with Crippen molar-refractivity contribution in [3.05, 3.63) is 112 Å². The average Bonchev–Trinajstić information content (AvgIpc) is 3.48. The second-order valence-corrected chi connectivity index (χ2v) is 10.7. The zero-order valence-corrected chi connectivity index (χ0v) is 23.1. The Morgan fingerprint density at radius 3 is 1.81 bits per heavy atom. The zero-order valence-electron chi connectivity index (χ0n) is 23.1. The second-order valence-electron chi connectivity index (χ2n) is 10.7. The summed E-state index contributed by atoms with van der Waals surface area (Å²) >= 11 is 0. The van der Waals surface area contributed by atoms with Gasteiger partial charge in [-0.2, -0.15) is 0 Å². The molecule has 1 saturated heterocycles. The van der Waals surface area contributed by atoms with E-state index in [1.165, 1.54) is 24.3 Å². The Hall–Kier alpha value is -4.57. The van der Waals surface area contributed by atoms with Gasteiger partial charge in [0.2, 0.25) is 5.91 Å². The number of likely N-dealkylation sites (tertiary alicyclic amines) is 1. The third-order valence-electron chi connectivity index (χ3n) is 7.42. The number of amides is 2. The highest BCUT2D eigenvalue weighted by atomic mass is 19.2. The van der Waals surface area contributed by atoms with Crippen LogP contribution in [0.2, 0.25) is 0 Å². The van der Waals surface area contributed by atoms with E-state index in [1.807, 2.05) is 0 Å². The van der Waals surface area contributed by atoms with Gasteiger partial charge in [0.25, 0.3) is 5.91 Å². The summed E-state index contributed by atoms with van der Waals surface area (Å²) in [7, 11) is 0. The van der Waals surface area contributed by atoms with Crippen LogP contribution >= 0.6 is 0 Å². The van der Waals surface area contributed by atoms with Crippen LogP contribution in [-0.2, 0) is 9.59 Å². The number of ketones is 1. The fraction of sp³-hybridized carbons (Fsp3) is 0.242. The molecular formula is C33H29F4N3O3. The molecule has 2 fully saturated rings. The molecule has 1 aliphatic heterocycles. The molecule has 3 aromatic carbocycles. The van der Waals surface area contributed by atoms with Crippen molar-refractivity contribution in [2.45, 2.75) is 31.7 Å². The van der Waals surface area contributed by atoms with Crippen LogP contribution in [0.4, 0.5) is 23.2 Å². The van der Waals surface area contributed by atoms with Crippen LogP contribution in [0.25, 0.3) is 12.2 Å². The molecule has 0 atom stereocenters. The number of hydrogen-bond acceptors (Lipinski definition) is 4. The van der Waals surface area contributed by atoms with E-state index in [2.05, 4.69) is 15.5 Å². The van der Waals surface area contributed by atoms with Crippen LogP contribution in [-0.4, -0.2) is 48.2 Å². The third-order valence-corrected chi connectivity index (χ3v) is 7.42. The maximum Gasteiger partial charge on any atom is 0.251 e. The third kappa shape index (κ3) is 7.64. The molecule has 2 amide bonds. The molecule has 2 N–H and O–H groups in total.